The predicted molar refractivity (Wildman–Crippen MR) is 120 cm³/mol. The molecule has 4 rings (SSSR count). The van der Waals surface area contributed by atoms with E-state index in [1.165, 1.54) is 17.3 Å². The number of hydrogen-bond acceptors (Lipinski definition) is 6. The third kappa shape index (κ3) is 4.44. The quantitative estimate of drug-likeness (QED) is 0.449. The fraction of sp³-hybridized carbons (Fsp3) is 0.261. The standard InChI is InChI=1S/C23H23N3O4S/c1-13-4-6-14(7-5-13)12-31-23-25-21-20(22(28)26-23)16(11-19(27)24-21)15-8-9-17(29-2)18(10-15)30-3/h4-10,16H,11-12H2,1-3H3,(H2,24,25,26,27,28)/t16-/m0/s1. The molecule has 8 heteroatoms. The highest BCUT2D eigenvalue weighted by molar-refractivity contribution is 7.98. The molecule has 1 aliphatic heterocycles. The molecule has 1 amide bonds. The lowest BCUT2D eigenvalue weighted by Crippen LogP contribution is -2.31. The van der Waals surface area contributed by atoms with Gasteiger partial charge in [-0.2, -0.15) is 0 Å². The molecule has 2 N–H and O–H groups in total. The van der Waals surface area contributed by atoms with Crippen LogP contribution in [0.5, 0.6) is 11.5 Å². The van der Waals surface area contributed by atoms with Crippen LogP contribution in [0.15, 0.2) is 52.4 Å². The molecular formula is C23H23N3O4S. The van der Waals surface area contributed by atoms with Crippen molar-refractivity contribution in [1.82, 2.24) is 9.97 Å². The van der Waals surface area contributed by atoms with Crippen LogP contribution in [0.1, 0.15) is 34.6 Å². The van der Waals surface area contributed by atoms with Crippen molar-refractivity contribution in [2.75, 3.05) is 19.5 Å². The summed E-state index contributed by atoms with van der Waals surface area (Å²) in [5.41, 5.74) is 3.31. The molecule has 2 aromatic carbocycles. The molecule has 2 heterocycles. The van der Waals surface area contributed by atoms with Crippen LogP contribution >= 0.6 is 11.8 Å². The van der Waals surface area contributed by atoms with Crippen molar-refractivity contribution in [1.29, 1.82) is 0 Å². The lowest BCUT2D eigenvalue weighted by atomic mass is 9.86. The van der Waals surface area contributed by atoms with Crippen LogP contribution in [-0.4, -0.2) is 30.1 Å². The van der Waals surface area contributed by atoms with E-state index < -0.39 is 5.92 Å². The van der Waals surface area contributed by atoms with Gasteiger partial charge in [-0.3, -0.25) is 9.59 Å². The SMILES string of the molecule is COc1ccc([C@@H]2CC(=O)Nc3nc(SCc4ccc(C)cc4)[nH]c(=O)c32)cc1OC. The first-order chi connectivity index (χ1) is 15.0. The third-order valence-corrected chi connectivity index (χ3v) is 6.18. The number of carbonyl (C=O) groups is 1. The topological polar surface area (TPSA) is 93.3 Å². The summed E-state index contributed by atoms with van der Waals surface area (Å²) in [5, 5.41) is 3.23. The Hall–Kier alpha value is -3.26. The van der Waals surface area contributed by atoms with Crippen LogP contribution in [0.4, 0.5) is 5.82 Å². The van der Waals surface area contributed by atoms with Crippen molar-refractivity contribution in [3.8, 4) is 11.5 Å². The average molecular weight is 438 g/mol. The van der Waals surface area contributed by atoms with Crippen molar-refractivity contribution in [3.63, 3.8) is 0 Å². The number of nitrogens with zero attached hydrogens (tertiary/aromatic N) is 1. The Morgan fingerprint density at radius 3 is 2.52 bits per heavy atom. The number of rotatable bonds is 6. The second kappa shape index (κ2) is 8.85. The van der Waals surface area contributed by atoms with E-state index in [-0.39, 0.29) is 17.9 Å². The molecule has 0 aliphatic carbocycles. The minimum atomic E-state index is -0.420. The zero-order valence-electron chi connectivity index (χ0n) is 17.5. The van der Waals surface area contributed by atoms with Gasteiger partial charge in [-0.15, -0.1) is 0 Å². The minimum absolute atomic E-state index is 0.156. The number of aromatic nitrogens is 2. The molecule has 31 heavy (non-hydrogen) atoms. The van der Waals surface area contributed by atoms with Gasteiger partial charge in [0.1, 0.15) is 5.82 Å². The van der Waals surface area contributed by atoms with Crippen molar-refractivity contribution in [2.24, 2.45) is 0 Å². The summed E-state index contributed by atoms with van der Waals surface area (Å²) in [4.78, 5) is 32.8. The summed E-state index contributed by atoms with van der Waals surface area (Å²) in [7, 11) is 3.11. The van der Waals surface area contributed by atoms with E-state index in [0.717, 1.165) is 11.1 Å². The zero-order valence-corrected chi connectivity index (χ0v) is 18.3. The molecule has 0 unspecified atom stereocenters. The van der Waals surface area contributed by atoms with Crippen molar-refractivity contribution in [3.05, 3.63) is 75.1 Å². The van der Waals surface area contributed by atoms with Crippen molar-refractivity contribution >= 4 is 23.5 Å². The average Bonchev–Trinajstić information content (AvgIpc) is 2.77. The molecule has 3 aromatic rings. The number of carbonyl (C=O) groups excluding carboxylic acids is 1. The molecule has 1 atom stereocenters. The van der Waals surface area contributed by atoms with Crippen LogP contribution in [0, 0.1) is 6.92 Å². The van der Waals surface area contributed by atoms with Gasteiger partial charge < -0.3 is 19.8 Å². The second-order valence-corrected chi connectivity index (χ2v) is 8.29. The number of thioether (sulfide) groups is 1. The normalized spacial score (nSPS) is 15.2. The molecule has 0 fully saturated rings. The molecule has 0 bridgehead atoms. The molecule has 0 radical (unpaired) electrons. The van der Waals surface area contributed by atoms with E-state index in [9.17, 15) is 9.59 Å². The third-order valence-electron chi connectivity index (χ3n) is 5.24. The summed E-state index contributed by atoms with van der Waals surface area (Å²) in [6.45, 7) is 2.04. The monoisotopic (exact) mass is 437 g/mol. The van der Waals surface area contributed by atoms with Crippen LogP contribution in [0.2, 0.25) is 0 Å². The molecule has 0 saturated carbocycles. The first-order valence-corrected chi connectivity index (χ1v) is 10.8. The van der Waals surface area contributed by atoms with E-state index in [4.69, 9.17) is 9.47 Å². The van der Waals surface area contributed by atoms with Crippen molar-refractivity contribution in [2.45, 2.75) is 30.2 Å². The number of amides is 1. The molecule has 0 saturated heterocycles. The fourth-order valence-corrected chi connectivity index (χ4v) is 4.43. The number of nitrogens with one attached hydrogen (secondary N) is 2. The van der Waals surface area contributed by atoms with Gasteiger partial charge in [0.15, 0.2) is 16.7 Å². The largest absolute Gasteiger partial charge is 0.493 e. The van der Waals surface area contributed by atoms with Crippen LogP contribution in [0.3, 0.4) is 0 Å². The van der Waals surface area contributed by atoms with E-state index in [0.29, 0.717) is 33.8 Å². The van der Waals surface area contributed by atoms with Gasteiger partial charge in [0.05, 0.1) is 19.8 Å². The van der Waals surface area contributed by atoms with E-state index >= 15 is 0 Å². The van der Waals surface area contributed by atoms with Gasteiger partial charge in [-0.1, -0.05) is 47.7 Å². The predicted octanol–water partition coefficient (Wildman–Crippen LogP) is 3.86. The maximum atomic E-state index is 13.0. The Balaban J connectivity index is 1.65. The first-order valence-electron chi connectivity index (χ1n) is 9.83. The van der Waals surface area contributed by atoms with Crippen LogP contribution in [0.25, 0.3) is 0 Å². The smallest absolute Gasteiger partial charge is 0.257 e. The number of benzene rings is 2. The van der Waals surface area contributed by atoms with Crippen LogP contribution in [-0.2, 0) is 10.5 Å². The van der Waals surface area contributed by atoms with E-state index in [1.807, 2.05) is 37.3 Å². The highest BCUT2D eigenvalue weighted by atomic mass is 32.2. The summed E-state index contributed by atoms with van der Waals surface area (Å²) in [6, 6.07) is 13.6. The van der Waals surface area contributed by atoms with Gasteiger partial charge in [0, 0.05) is 18.1 Å². The first kappa shape index (κ1) is 21.0. The van der Waals surface area contributed by atoms with Crippen molar-refractivity contribution < 1.29 is 14.3 Å². The Morgan fingerprint density at radius 2 is 1.81 bits per heavy atom. The number of methoxy groups -OCH3 is 2. The summed E-state index contributed by atoms with van der Waals surface area (Å²) in [5.74, 6) is 1.50. The molecule has 1 aliphatic rings. The molecule has 1 aromatic heterocycles. The molecule has 160 valence electrons. The van der Waals surface area contributed by atoms with Crippen LogP contribution < -0.4 is 20.3 Å². The van der Waals surface area contributed by atoms with E-state index in [1.54, 1.807) is 26.4 Å². The minimum Gasteiger partial charge on any atom is -0.493 e. The summed E-state index contributed by atoms with van der Waals surface area (Å²) >= 11 is 1.42. The number of aromatic amines is 1. The Labute approximate surface area is 184 Å². The lowest BCUT2D eigenvalue weighted by molar-refractivity contribution is -0.116. The number of anilines is 1. The molecule has 0 spiro atoms. The summed E-state index contributed by atoms with van der Waals surface area (Å²) < 4.78 is 10.7. The maximum absolute atomic E-state index is 13.0. The Morgan fingerprint density at radius 1 is 1.06 bits per heavy atom. The van der Waals surface area contributed by atoms with Gasteiger partial charge in [0.25, 0.3) is 5.56 Å². The van der Waals surface area contributed by atoms with Gasteiger partial charge >= 0.3 is 0 Å². The Bertz CT molecular complexity index is 1170. The Kier molecular flexibility index (Phi) is 5.99. The maximum Gasteiger partial charge on any atom is 0.257 e. The lowest BCUT2D eigenvalue weighted by Gasteiger charge is -2.25. The molecule has 7 nitrogen and oxygen atoms in total. The zero-order chi connectivity index (χ0) is 22.0. The second-order valence-electron chi connectivity index (χ2n) is 7.33. The van der Waals surface area contributed by atoms with E-state index in [2.05, 4.69) is 15.3 Å². The number of aryl methyl sites for hydroxylation is 1. The number of H-pyrrole nitrogens is 1. The highest BCUT2D eigenvalue weighted by Crippen LogP contribution is 2.38. The van der Waals surface area contributed by atoms with Gasteiger partial charge in [-0.05, 0) is 30.2 Å². The summed E-state index contributed by atoms with van der Waals surface area (Å²) in [6.07, 6.45) is 0.156. The van der Waals surface area contributed by atoms with Gasteiger partial charge in [-0.25, -0.2) is 4.98 Å². The number of fused-ring (bicyclic) bond motifs is 1. The number of ether oxygens (including phenoxy) is 2. The molecular weight excluding hydrogens is 414 g/mol. The fourth-order valence-electron chi connectivity index (χ4n) is 3.61. The number of hydrogen-bond donors (Lipinski definition) is 2. The highest BCUT2D eigenvalue weighted by Gasteiger charge is 2.31. The van der Waals surface area contributed by atoms with Gasteiger partial charge in [0.2, 0.25) is 5.91 Å².